The monoisotopic (exact) mass is 241 g/mol. The number of rotatable bonds is 1. The Morgan fingerprint density at radius 1 is 1.33 bits per heavy atom. The first kappa shape index (κ1) is 10.7. The molecule has 1 aromatic rings. The number of hydrogen-bond acceptors (Lipinski definition) is 2. The number of likely N-dealkylation sites (tertiary alicyclic amines) is 1. The zero-order valence-corrected chi connectivity index (χ0v) is 9.85. The van der Waals surface area contributed by atoms with Gasteiger partial charge in [-0.05, 0) is 43.3 Å². The van der Waals surface area contributed by atoms with Crippen LogP contribution >= 0.6 is 23.8 Å². The van der Waals surface area contributed by atoms with Crippen LogP contribution in [-0.4, -0.2) is 23.2 Å². The van der Waals surface area contributed by atoms with E-state index in [4.69, 9.17) is 28.6 Å². The Labute approximate surface area is 99.8 Å². The van der Waals surface area contributed by atoms with Gasteiger partial charge >= 0.3 is 0 Å². The van der Waals surface area contributed by atoms with Crippen LogP contribution in [0.4, 0.5) is 0 Å². The minimum Gasteiger partial charge on any atom is -0.432 e. The Kier molecular flexibility index (Phi) is 3.44. The molecule has 80 valence electrons. The van der Waals surface area contributed by atoms with Crippen molar-refractivity contribution in [3.8, 4) is 5.75 Å². The maximum absolute atomic E-state index is 5.85. The van der Waals surface area contributed by atoms with Crippen molar-refractivity contribution in [3.05, 3.63) is 29.3 Å². The predicted molar refractivity (Wildman–Crippen MR) is 65.5 cm³/mol. The molecule has 2 rings (SSSR count). The second-order valence-corrected chi connectivity index (χ2v) is 4.31. The maximum atomic E-state index is 5.85. The molecule has 0 radical (unpaired) electrons. The molecule has 0 spiro atoms. The Bertz CT molecular complexity index is 363. The minimum absolute atomic E-state index is 0.551. The van der Waals surface area contributed by atoms with Crippen molar-refractivity contribution in [3.63, 3.8) is 0 Å². The van der Waals surface area contributed by atoms with Crippen molar-refractivity contribution >= 4 is 29.0 Å². The zero-order valence-electron chi connectivity index (χ0n) is 8.28. The van der Waals surface area contributed by atoms with E-state index < -0.39 is 0 Å². The molecule has 1 saturated heterocycles. The highest BCUT2D eigenvalue weighted by Gasteiger charge is 2.16. The van der Waals surface area contributed by atoms with Crippen molar-refractivity contribution in [1.82, 2.24) is 4.90 Å². The van der Waals surface area contributed by atoms with E-state index in [2.05, 4.69) is 4.90 Å². The summed E-state index contributed by atoms with van der Waals surface area (Å²) in [5.74, 6) is 0.708. The summed E-state index contributed by atoms with van der Waals surface area (Å²) in [4.78, 5) is 2.08. The van der Waals surface area contributed by atoms with Gasteiger partial charge in [0, 0.05) is 18.1 Å². The first-order chi connectivity index (χ1) is 7.25. The molecule has 1 aliphatic heterocycles. The van der Waals surface area contributed by atoms with Gasteiger partial charge in [0.25, 0.3) is 5.17 Å². The van der Waals surface area contributed by atoms with Gasteiger partial charge in [-0.1, -0.05) is 17.7 Å². The number of benzene rings is 1. The maximum Gasteiger partial charge on any atom is 0.264 e. The molecule has 0 amide bonds. The molecule has 0 N–H and O–H groups in total. The Hall–Kier alpha value is -0.800. The Morgan fingerprint density at radius 2 is 2.07 bits per heavy atom. The highest BCUT2D eigenvalue weighted by molar-refractivity contribution is 7.80. The standard InChI is InChI=1S/C11H12ClNOS/c12-9-4-3-5-10(8-9)14-11(15)13-6-1-2-7-13/h3-5,8H,1-2,6-7H2. The fourth-order valence-electron chi connectivity index (χ4n) is 1.60. The fraction of sp³-hybridized carbons (Fsp3) is 0.364. The SMILES string of the molecule is S=C(Oc1cccc(Cl)c1)N1CCCC1. The number of ether oxygens (including phenoxy) is 1. The summed E-state index contributed by atoms with van der Waals surface area (Å²) in [5, 5.41) is 1.21. The molecule has 0 atom stereocenters. The highest BCUT2D eigenvalue weighted by atomic mass is 35.5. The lowest BCUT2D eigenvalue weighted by Gasteiger charge is -2.18. The lowest BCUT2D eigenvalue weighted by Crippen LogP contribution is -2.30. The van der Waals surface area contributed by atoms with Gasteiger partial charge in [0.2, 0.25) is 0 Å². The van der Waals surface area contributed by atoms with E-state index in [1.807, 2.05) is 18.2 Å². The van der Waals surface area contributed by atoms with Gasteiger partial charge < -0.3 is 9.64 Å². The molecule has 0 aromatic heterocycles. The quantitative estimate of drug-likeness (QED) is 0.701. The normalized spacial score (nSPS) is 15.4. The van der Waals surface area contributed by atoms with Gasteiger partial charge in [-0.15, -0.1) is 0 Å². The highest BCUT2D eigenvalue weighted by Crippen LogP contribution is 2.19. The molecular formula is C11H12ClNOS. The van der Waals surface area contributed by atoms with Crippen LogP contribution < -0.4 is 4.74 Å². The van der Waals surface area contributed by atoms with E-state index in [0.29, 0.717) is 15.9 Å². The van der Waals surface area contributed by atoms with Crippen LogP contribution in [0.3, 0.4) is 0 Å². The van der Waals surface area contributed by atoms with Crippen LogP contribution in [0.5, 0.6) is 5.75 Å². The molecule has 1 heterocycles. The van der Waals surface area contributed by atoms with Gasteiger partial charge in [-0.2, -0.15) is 0 Å². The summed E-state index contributed by atoms with van der Waals surface area (Å²) < 4.78 is 5.55. The van der Waals surface area contributed by atoms with Gasteiger partial charge in [-0.25, -0.2) is 0 Å². The third kappa shape index (κ3) is 2.83. The Morgan fingerprint density at radius 3 is 2.73 bits per heavy atom. The molecule has 2 nitrogen and oxygen atoms in total. The summed E-state index contributed by atoms with van der Waals surface area (Å²) in [6.07, 6.45) is 2.39. The molecule has 1 aliphatic rings. The Balaban J connectivity index is 1.99. The molecule has 0 saturated carbocycles. The second-order valence-electron chi connectivity index (χ2n) is 3.52. The van der Waals surface area contributed by atoms with E-state index >= 15 is 0 Å². The van der Waals surface area contributed by atoms with Crippen molar-refractivity contribution in [2.75, 3.05) is 13.1 Å². The predicted octanol–water partition coefficient (Wildman–Crippen LogP) is 3.10. The van der Waals surface area contributed by atoms with E-state index in [1.54, 1.807) is 6.07 Å². The molecule has 1 aromatic carbocycles. The van der Waals surface area contributed by atoms with Gasteiger partial charge in [0.05, 0.1) is 0 Å². The summed E-state index contributed by atoms with van der Waals surface area (Å²) in [5.41, 5.74) is 0. The van der Waals surface area contributed by atoms with Crippen molar-refractivity contribution < 1.29 is 4.74 Å². The molecule has 0 unspecified atom stereocenters. The van der Waals surface area contributed by atoms with Crippen molar-refractivity contribution in [1.29, 1.82) is 0 Å². The summed E-state index contributed by atoms with van der Waals surface area (Å²) in [6, 6.07) is 7.29. The summed E-state index contributed by atoms with van der Waals surface area (Å²) >= 11 is 11.1. The molecule has 4 heteroatoms. The smallest absolute Gasteiger partial charge is 0.264 e. The van der Waals surface area contributed by atoms with Crippen LogP contribution in [0.25, 0.3) is 0 Å². The van der Waals surface area contributed by atoms with Crippen LogP contribution in [-0.2, 0) is 0 Å². The molecule has 1 fully saturated rings. The number of nitrogens with zero attached hydrogens (tertiary/aromatic N) is 1. The van der Waals surface area contributed by atoms with E-state index in [1.165, 1.54) is 12.8 Å². The topological polar surface area (TPSA) is 12.5 Å². The third-order valence-corrected chi connectivity index (χ3v) is 2.94. The molecule has 15 heavy (non-hydrogen) atoms. The average Bonchev–Trinajstić information content (AvgIpc) is 2.70. The van der Waals surface area contributed by atoms with Gasteiger partial charge in [0.1, 0.15) is 5.75 Å². The third-order valence-electron chi connectivity index (χ3n) is 2.37. The summed E-state index contributed by atoms with van der Waals surface area (Å²) in [7, 11) is 0. The van der Waals surface area contributed by atoms with Crippen LogP contribution in [0.2, 0.25) is 5.02 Å². The van der Waals surface area contributed by atoms with Crippen molar-refractivity contribution in [2.24, 2.45) is 0 Å². The average molecular weight is 242 g/mol. The molecule has 0 bridgehead atoms. The van der Waals surface area contributed by atoms with E-state index in [9.17, 15) is 0 Å². The lowest BCUT2D eigenvalue weighted by molar-refractivity contribution is 0.407. The van der Waals surface area contributed by atoms with Crippen LogP contribution in [0.15, 0.2) is 24.3 Å². The van der Waals surface area contributed by atoms with E-state index in [0.717, 1.165) is 13.1 Å². The number of halogens is 1. The largest absolute Gasteiger partial charge is 0.432 e. The fourth-order valence-corrected chi connectivity index (χ4v) is 2.05. The first-order valence-corrected chi connectivity index (χ1v) is 5.76. The number of thiocarbonyl (C=S) groups is 1. The zero-order chi connectivity index (χ0) is 10.7. The van der Waals surface area contributed by atoms with Gasteiger partial charge in [0.15, 0.2) is 0 Å². The molecule has 0 aliphatic carbocycles. The van der Waals surface area contributed by atoms with Crippen molar-refractivity contribution in [2.45, 2.75) is 12.8 Å². The van der Waals surface area contributed by atoms with E-state index in [-0.39, 0.29) is 0 Å². The minimum atomic E-state index is 0.551. The summed E-state index contributed by atoms with van der Waals surface area (Å²) in [6.45, 7) is 2.00. The lowest BCUT2D eigenvalue weighted by atomic mass is 10.3. The molecular weight excluding hydrogens is 230 g/mol. The van der Waals surface area contributed by atoms with Crippen LogP contribution in [0, 0.1) is 0 Å². The van der Waals surface area contributed by atoms with Gasteiger partial charge in [-0.3, -0.25) is 0 Å². The number of hydrogen-bond donors (Lipinski definition) is 0. The second kappa shape index (κ2) is 4.81. The van der Waals surface area contributed by atoms with Crippen LogP contribution in [0.1, 0.15) is 12.8 Å². The first-order valence-electron chi connectivity index (χ1n) is 4.98.